The van der Waals surface area contributed by atoms with E-state index in [2.05, 4.69) is 64.4 Å². The van der Waals surface area contributed by atoms with Crippen molar-refractivity contribution in [2.75, 3.05) is 5.32 Å². The molecular formula is C21H25N3. The first-order chi connectivity index (χ1) is 11.9. The highest BCUT2D eigenvalue weighted by atomic mass is 15.1. The molecule has 2 heterocycles. The molecule has 0 amide bonds. The zero-order chi connectivity index (χ0) is 16.2. The minimum atomic E-state index is 0.592. The van der Waals surface area contributed by atoms with E-state index in [0.29, 0.717) is 6.04 Å². The van der Waals surface area contributed by atoms with Gasteiger partial charge in [-0.2, -0.15) is 0 Å². The molecule has 0 atom stereocenters. The number of pyridine rings is 1. The third-order valence-corrected chi connectivity index (χ3v) is 5.04. The second-order valence-corrected chi connectivity index (χ2v) is 6.80. The number of anilines is 1. The molecule has 1 aromatic carbocycles. The van der Waals surface area contributed by atoms with E-state index in [1.807, 2.05) is 0 Å². The summed E-state index contributed by atoms with van der Waals surface area (Å²) in [4.78, 5) is 4.89. The van der Waals surface area contributed by atoms with Gasteiger partial charge >= 0.3 is 0 Å². The van der Waals surface area contributed by atoms with Crippen molar-refractivity contribution in [3.05, 3.63) is 66.0 Å². The maximum atomic E-state index is 4.89. The Kier molecular flexibility index (Phi) is 4.50. The number of nitrogens with zero attached hydrogens (tertiary/aromatic N) is 2. The molecule has 0 spiro atoms. The number of aryl methyl sites for hydroxylation is 2. The van der Waals surface area contributed by atoms with Crippen molar-refractivity contribution in [2.24, 2.45) is 0 Å². The van der Waals surface area contributed by atoms with E-state index in [1.54, 1.807) is 0 Å². The smallest absolute Gasteiger partial charge is 0.138 e. The lowest BCUT2D eigenvalue weighted by Crippen LogP contribution is -2.23. The first-order valence-electron chi connectivity index (χ1n) is 9.16. The molecule has 3 heteroatoms. The lowest BCUT2D eigenvalue weighted by Gasteiger charge is -2.24. The van der Waals surface area contributed by atoms with Gasteiger partial charge in [0.15, 0.2) is 0 Å². The average molecular weight is 319 g/mol. The van der Waals surface area contributed by atoms with Gasteiger partial charge in [-0.3, -0.25) is 4.40 Å². The van der Waals surface area contributed by atoms with Crippen LogP contribution in [0.3, 0.4) is 0 Å². The summed E-state index contributed by atoms with van der Waals surface area (Å²) in [5.74, 6) is 1.20. The standard InChI is InChI=1S/C21H25N3/c1-3-9-17(10-4-1)14-15-19-21(22-18-11-5-2-6-12-18)24-16-8-7-13-20(24)23-19/h1,3-4,7-10,13,16,18,22H,2,5-6,11-12,14-15H2. The molecule has 0 aliphatic heterocycles. The average Bonchev–Trinajstić information content (AvgIpc) is 2.99. The molecule has 24 heavy (non-hydrogen) atoms. The van der Waals surface area contributed by atoms with E-state index in [1.165, 1.54) is 49.2 Å². The molecule has 0 saturated heterocycles. The highest BCUT2D eigenvalue weighted by Gasteiger charge is 2.18. The van der Waals surface area contributed by atoms with Crippen LogP contribution in [0.2, 0.25) is 0 Å². The van der Waals surface area contributed by atoms with Crippen LogP contribution in [0.15, 0.2) is 54.7 Å². The van der Waals surface area contributed by atoms with Gasteiger partial charge in [-0.25, -0.2) is 4.98 Å². The molecule has 4 rings (SSSR count). The lowest BCUT2D eigenvalue weighted by atomic mass is 9.95. The predicted octanol–water partition coefficient (Wildman–Crippen LogP) is 4.86. The van der Waals surface area contributed by atoms with E-state index >= 15 is 0 Å². The van der Waals surface area contributed by atoms with Gasteiger partial charge in [-0.1, -0.05) is 55.7 Å². The Hall–Kier alpha value is -2.29. The molecule has 1 saturated carbocycles. The largest absolute Gasteiger partial charge is 0.367 e. The number of nitrogens with one attached hydrogen (secondary N) is 1. The Morgan fingerprint density at radius 2 is 1.71 bits per heavy atom. The molecule has 3 nitrogen and oxygen atoms in total. The number of benzene rings is 1. The third kappa shape index (κ3) is 3.30. The van der Waals surface area contributed by atoms with Crippen molar-refractivity contribution in [2.45, 2.75) is 51.0 Å². The van der Waals surface area contributed by atoms with Crippen LogP contribution in [0.1, 0.15) is 43.4 Å². The fourth-order valence-electron chi connectivity index (χ4n) is 3.72. The van der Waals surface area contributed by atoms with E-state index in [-0.39, 0.29) is 0 Å². The highest BCUT2D eigenvalue weighted by molar-refractivity contribution is 5.56. The Balaban J connectivity index is 1.59. The van der Waals surface area contributed by atoms with Gasteiger partial charge in [-0.15, -0.1) is 0 Å². The second kappa shape index (κ2) is 7.08. The highest BCUT2D eigenvalue weighted by Crippen LogP contribution is 2.25. The molecule has 0 bridgehead atoms. The Morgan fingerprint density at radius 1 is 0.917 bits per heavy atom. The van der Waals surface area contributed by atoms with Crippen molar-refractivity contribution in [3.8, 4) is 0 Å². The lowest BCUT2D eigenvalue weighted by molar-refractivity contribution is 0.461. The fraction of sp³-hybridized carbons (Fsp3) is 0.381. The molecule has 1 N–H and O–H groups in total. The summed E-state index contributed by atoms with van der Waals surface area (Å²) in [7, 11) is 0. The topological polar surface area (TPSA) is 29.3 Å². The monoisotopic (exact) mass is 319 g/mol. The van der Waals surface area contributed by atoms with Crippen molar-refractivity contribution in [1.82, 2.24) is 9.38 Å². The number of imidazole rings is 1. The number of hydrogen-bond acceptors (Lipinski definition) is 2. The van der Waals surface area contributed by atoms with Gasteiger partial charge in [0.05, 0.1) is 5.69 Å². The van der Waals surface area contributed by atoms with Crippen LogP contribution in [0, 0.1) is 0 Å². The van der Waals surface area contributed by atoms with Gasteiger partial charge in [0, 0.05) is 12.2 Å². The minimum Gasteiger partial charge on any atom is -0.367 e. The van der Waals surface area contributed by atoms with Gasteiger partial charge in [0.1, 0.15) is 11.5 Å². The zero-order valence-corrected chi connectivity index (χ0v) is 14.1. The van der Waals surface area contributed by atoms with Crippen LogP contribution in [0.4, 0.5) is 5.82 Å². The maximum Gasteiger partial charge on any atom is 0.138 e. The number of hydrogen-bond donors (Lipinski definition) is 1. The van der Waals surface area contributed by atoms with Crippen molar-refractivity contribution in [3.63, 3.8) is 0 Å². The Morgan fingerprint density at radius 3 is 2.54 bits per heavy atom. The quantitative estimate of drug-likeness (QED) is 0.727. The second-order valence-electron chi connectivity index (χ2n) is 6.80. The first kappa shape index (κ1) is 15.3. The van der Waals surface area contributed by atoms with Crippen molar-refractivity contribution in [1.29, 1.82) is 0 Å². The van der Waals surface area contributed by atoms with Crippen LogP contribution in [0.25, 0.3) is 5.65 Å². The van der Waals surface area contributed by atoms with E-state index in [4.69, 9.17) is 4.98 Å². The van der Waals surface area contributed by atoms with Crippen LogP contribution >= 0.6 is 0 Å². The van der Waals surface area contributed by atoms with Crippen LogP contribution < -0.4 is 5.32 Å². The summed E-state index contributed by atoms with van der Waals surface area (Å²) in [6.45, 7) is 0. The van der Waals surface area contributed by atoms with Crippen LogP contribution in [0.5, 0.6) is 0 Å². The molecule has 0 unspecified atom stereocenters. The fourth-order valence-corrected chi connectivity index (χ4v) is 3.72. The van der Waals surface area contributed by atoms with Gasteiger partial charge < -0.3 is 5.32 Å². The number of fused-ring (bicyclic) bond motifs is 1. The van der Waals surface area contributed by atoms with E-state index in [9.17, 15) is 0 Å². The zero-order valence-electron chi connectivity index (χ0n) is 14.1. The van der Waals surface area contributed by atoms with Gasteiger partial charge in [-0.05, 0) is 43.4 Å². The summed E-state index contributed by atoms with van der Waals surface area (Å²) in [5.41, 5.74) is 3.60. The van der Waals surface area contributed by atoms with Crippen LogP contribution in [-0.4, -0.2) is 15.4 Å². The SMILES string of the molecule is c1ccc(CCc2nc3ccccn3c2NC2CCCCC2)cc1. The number of rotatable bonds is 5. The maximum absolute atomic E-state index is 4.89. The summed E-state index contributed by atoms with van der Waals surface area (Å²) < 4.78 is 2.22. The molecular weight excluding hydrogens is 294 g/mol. The van der Waals surface area contributed by atoms with E-state index < -0.39 is 0 Å². The molecule has 0 radical (unpaired) electrons. The summed E-state index contributed by atoms with van der Waals surface area (Å²) in [6, 6.07) is 17.5. The van der Waals surface area contributed by atoms with Gasteiger partial charge in [0.25, 0.3) is 0 Å². The summed E-state index contributed by atoms with van der Waals surface area (Å²) >= 11 is 0. The number of aromatic nitrogens is 2. The van der Waals surface area contributed by atoms with E-state index in [0.717, 1.165) is 18.5 Å². The first-order valence-corrected chi connectivity index (χ1v) is 9.16. The molecule has 1 aliphatic rings. The summed E-state index contributed by atoms with van der Waals surface area (Å²) in [6.07, 6.45) is 10.7. The molecule has 3 aromatic rings. The van der Waals surface area contributed by atoms with Crippen molar-refractivity contribution >= 4 is 11.5 Å². The third-order valence-electron chi connectivity index (χ3n) is 5.04. The van der Waals surface area contributed by atoms with Crippen LogP contribution in [-0.2, 0) is 12.8 Å². The summed E-state index contributed by atoms with van der Waals surface area (Å²) in [5, 5.41) is 3.81. The molecule has 2 aromatic heterocycles. The van der Waals surface area contributed by atoms with Gasteiger partial charge in [0.2, 0.25) is 0 Å². The molecule has 124 valence electrons. The normalized spacial score (nSPS) is 15.7. The predicted molar refractivity (Wildman–Crippen MR) is 99.5 cm³/mol. The Bertz CT molecular complexity index is 785. The molecule has 1 fully saturated rings. The minimum absolute atomic E-state index is 0.592. The van der Waals surface area contributed by atoms with Crippen molar-refractivity contribution < 1.29 is 0 Å². The molecule has 1 aliphatic carbocycles. The Labute approximate surface area is 143 Å².